The van der Waals surface area contributed by atoms with E-state index in [1.165, 1.54) is 0 Å². The maximum absolute atomic E-state index is 13.4. The summed E-state index contributed by atoms with van der Waals surface area (Å²) < 4.78 is 33.0. The largest absolute Gasteiger partial charge is 0.370 e. The molecule has 1 amide bonds. The van der Waals surface area contributed by atoms with Gasteiger partial charge >= 0.3 is 5.92 Å². The molecule has 0 unspecified atom stereocenters. The quantitative estimate of drug-likeness (QED) is 0.726. The van der Waals surface area contributed by atoms with Crippen LogP contribution < -0.4 is 5.32 Å². The van der Waals surface area contributed by atoms with Gasteiger partial charge in [0, 0.05) is 30.2 Å². The first-order chi connectivity index (χ1) is 13.4. The van der Waals surface area contributed by atoms with Crippen LogP contribution in [0.2, 0.25) is 0 Å². The van der Waals surface area contributed by atoms with Crippen LogP contribution in [0.1, 0.15) is 40.0 Å². The van der Waals surface area contributed by atoms with Crippen LogP contribution in [0.3, 0.4) is 0 Å². The number of hydrogen-bond donors (Lipinski definition) is 1. The Bertz CT molecular complexity index is 925. The molecule has 5 rings (SSSR count). The third kappa shape index (κ3) is 2.62. The van der Waals surface area contributed by atoms with Crippen molar-refractivity contribution in [3.8, 4) is 0 Å². The molecule has 5 aliphatic rings. The smallest absolute Gasteiger partial charge is 0.322 e. The molecular weight excluding hydrogens is 382 g/mol. The number of ether oxygens (including phenoxy) is 1. The van der Waals surface area contributed by atoms with Crippen molar-refractivity contribution in [2.75, 3.05) is 26.2 Å². The number of rotatable bonds is 1. The molecule has 29 heavy (non-hydrogen) atoms. The van der Waals surface area contributed by atoms with E-state index >= 15 is 0 Å². The molecule has 0 aromatic rings. The number of carbonyl (C=O) groups excluding carboxylic acids is 2. The molecule has 0 aromatic carbocycles. The second-order valence-corrected chi connectivity index (χ2v) is 9.93. The van der Waals surface area contributed by atoms with E-state index in [-0.39, 0.29) is 30.9 Å². The number of nitrogens with one attached hydrogen (secondary N) is 1. The van der Waals surface area contributed by atoms with E-state index in [1.807, 2.05) is 0 Å². The first-order valence-electron chi connectivity index (χ1n) is 9.91. The summed E-state index contributed by atoms with van der Waals surface area (Å²) in [5, 5.41) is 11.7. The number of alkyl halides is 2. The molecule has 0 radical (unpaired) electrons. The number of azo groups is 1. The fourth-order valence-electron chi connectivity index (χ4n) is 5.62. The summed E-state index contributed by atoms with van der Waals surface area (Å²) in [5.74, 6) is -3.80. The maximum atomic E-state index is 13.4. The molecule has 4 aliphatic heterocycles. The van der Waals surface area contributed by atoms with Gasteiger partial charge < -0.3 is 15.0 Å². The molecule has 9 heteroatoms. The fraction of sp³-hybridized carbons (Fsp3) is 0.700. The van der Waals surface area contributed by atoms with Gasteiger partial charge in [-0.3, -0.25) is 9.59 Å². The Balaban J connectivity index is 1.48. The van der Waals surface area contributed by atoms with Gasteiger partial charge in [-0.25, -0.2) is 0 Å². The number of ketones is 1. The highest BCUT2D eigenvalue weighted by atomic mass is 19.3. The summed E-state index contributed by atoms with van der Waals surface area (Å²) in [6.07, 6.45) is 1.66. The molecule has 2 spiro atoms. The normalized spacial score (nSPS) is 31.9. The highest BCUT2D eigenvalue weighted by Gasteiger charge is 2.63. The van der Waals surface area contributed by atoms with E-state index in [0.717, 1.165) is 28.2 Å². The van der Waals surface area contributed by atoms with Crippen LogP contribution in [-0.2, 0) is 14.3 Å². The van der Waals surface area contributed by atoms with Gasteiger partial charge in [-0.05, 0) is 18.3 Å². The zero-order valence-corrected chi connectivity index (χ0v) is 16.8. The number of dihydropyridines is 1. The summed E-state index contributed by atoms with van der Waals surface area (Å²) in [6, 6.07) is 0. The molecule has 4 heterocycles. The maximum Gasteiger partial charge on any atom is 0.322 e. The molecule has 0 aromatic heterocycles. The van der Waals surface area contributed by atoms with Gasteiger partial charge in [0.25, 0.3) is 5.91 Å². The van der Waals surface area contributed by atoms with Crippen LogP contribution in [0, 0.1) is 10.8 Å². The molecule has 2 saturated heterocycles. The number of fused-ring (bicyclic) bond motifs is 2. The SMILES string of the molecule is CC1(C)CC(=O)C2=C(C1)NC1=C(CN=N1)[C@]21COC2(CN(C(=O)C(C)(F)F)C2)C1. The van der Waals surface area contributed by atoms with Crippen LogP contribution in [-0.4, -0.2) is 54.4 Å². The summed E-state index contributed by atoms with van der Waals surface area (Å²) in [4.78, 5) is 26.2. The monoisotopic (exact) mass is 406 g/mol. The number of Topliss-reactive ketones (excluding diaryl/α,β-unsaturated/α-hetero) is 1. The van der Waals surface area contributed by atoms with Gasteiger partial charge in [-0.2, -0.15) is 13.9 Å². The Hall–Kier alpha value is -2.16. The van der Waals surface area contributed by atoms with Crippen molar-refractivity contribution in [1.82, 2.24) is 10.2 Å². The highest BCUT2D eigenvalue weighted by molar-refractivity contribution is 6.00. The minimum atomic E-state index is -3.40. The fourth-order valence-corrected chi connectivity index (χ4v) is 5.62. The molecule has 1 aliphatic carbocycles. The van der Waals surface area contributed by atoms with Gasteiger partial charge in [-0.15, -0.1) is 5.11 Å². The zero-order chi connectivity index (χ0) is 20.8. The van der Waals surface area contributed by atoms with Crippen LogP contribution in [0.15, 0.2) is 32.9 Å². The Labute approximate surface area is 167 Å². The first kappa shape index (κ1) is 18.8. The average Bonchev–Trinajstić information content (AvgIpc) is 3.16. The lowest BCUT2D eigenvalue weighted by Gasteiger charge is -2.49. The van der Waals surface area contributed by atoms with Gasteiger partial charge in [-0.1, -0.05) is 13.8 Å². The predicted octanol–water partition coefficient (Wildman–Crippen LogP) is 2.55. The molecule has 156 valence electrons. The molecule has 0 saturated carbocycles. The van der Waals surface area contributed by atoms with E-state index in [2.05, 4.69) is 29.4 Å². The van der Waals surface area contributed by atoms with Crippen molar-refractivity contribution in [3.05, 3.63) is 22.7 Å². The second-order valence-electron chi connectivity index (χ2n) is 9.93. The van der Waals surface area contributed by atoms with E-state index < -0.39 is 22.8 Å². The number of allylic oxidation sites excluding steroid dienone is 1. The Morgan fingerprint density at radius 1 is 1.28 bits per heavy atom. The van der Waals surface area contributed by atoms with E-state index in [0.29, 0.717) is 32.1 Å². The minimum absolute atomic E-state index is 0.0928. The van der Waals surface area contributed by atoms with Crippen molar-refractivity contribution in [2.45, 2.75) is 51.6 Å². The topological polar surface area (TPSA) is 83.4 Å². The molecule has 1 N–H and O–H groups in total. The lowest BCUT2D eigenvalue weighted by atomic mass is 9.61. The van der Waals surface area contributed by atoms with Gasteiger partial charge in [0.15, 0.2) is 11.6 Å². The van der Waals surface area contributed by atoms with Crippen LogP contribution in [0.5, 0.6) is 0 Å². The summed E-state index contributed by atoms with van der Waals surface area (Å²) >= 11 is 0. The predicted molar refractivity (Wildman–Crippen MR) is 97.9 cm³/mol. The minimum Gasteiger partial charge on any atom is -0.370 e. The number of hydrogen-bond acceptors (Lipinski definition) is 6. The average molecular weight is 406 g/mol. The second kappa shape index (κ2) is 5.50. The number of likely N-dealkylation sites (tertiary alicyclic amines) is 1. The molecule has 1 atom stereocenters. The highest BCUT2D eigenvalue weighted by Crippen LogP contribution is 2.58. The van der Waals surface area contributed by atoms with Crippen molar-refractivity contribution < 1.29 is 23.1 Å². The van der Waals surface area contributed by atoms with E-state index in [9.17, 15) is 18.4 Å². The van der Waals surface area contributed by atoms with Gasteiger partial charge in [0.2, 0.25) is 0 Å². The summed E-state index contributed by atoms with van der Waals surface area (Å²) in [7, 11) is 0. The number of amides is 1. The third-order valence-corrected chi connectivity index (χ3v) is 6.76. The van der Waals surface area contributed by atoms with Crippen molar-refractivity contribution in [1.29, 1.82) is 0 Å². The molecular formula is C20H24F2N4O3. The molecule has 0 bridgehead atoms. The van der Waals surface area contributed by atoms with Crippen molar-refractivity contribution in [2.24, 2.45) is 21.1 Å². The Kier molecular flexibility index (Phi) is 3.57. The van der Waals surface area contributed by atoms with Gasteiger partial charge in [0.05, 0.1) is 31.7 Å². The Morgan fingerprint density at radius 3 is 2.69 bits per heavy atom. The van der Waals surface area contributed by atoms with E-state index in [4.69, 9.17) is 4.74 Å². The molecule has 7 nitrogen and oxygen atoms in total. The van der Waals surface area contributed by atoms with Crippen molar-refractivity contribution >= 4 is 11.7 Å². The number of nitrogens with zero attached hydrogens (tertiary/aromatic N) is 3. The lowest BCUT2D eigenvalue weighted by molar-refractivity contribution is -0.178. The summed E-state index contributed by atoms with van der Waals surface area (Å²) in [6.45, 7) is 5.65. The first-order valence-corrected chi connectivity index (χ1v) is 9.91. The lowest BCUT2D eigenvalue weighted by Crippen LogP contribution is -2.65. The zero-order valence-electron chi connectivity index (χ0n) is 16.8. The van der Waals surface area contributed by atoms with Crippen LogP contribution in [0.25, 0.3) is 0 Å². The molecule has 2 fully saturated rings. The third-order valence-electron chi connectivity index (χ3n) is 6.76. The summed E-state index contributed by atoms with van der Waals surface area (Å²) in [5.41, 5.74) is 1.05. The number of halogens is 2. The van der Waals surface area contributed by atoms with Crippen LogP contribution in [0.4, 0.5) is 8.78 Å². The number of carbonyl (C=O) groups is 2. The van der Waals surface area contributed by atoms with Gasteiger partial charge in [0.1, 0.15) is 5.60 Å². The Morgan fingerprint density at radius 2 is 2.00 bits per heavy atom. The van der Waals surface area contributed by atoms with Crippen molar-refractivity contribution in [3.63, 3.8) is 0 Å². The van der Waals surface area contributed by atoms with Crippen LogP contribution >= 0.6 is 0 Å². The van der Waals surface area contributed by atoms with E-state index in [1.54, 1.807) is 0 Å². The standard InChI is InChI=1S/C20H24F2N4O3/c1-17(2)4-12-14(13(27)5-17)20(11-6-23-25-15(11)24-12)7-19(29-10-20)8-26(9-19)16(28)18(3,21)22/h24H,4-10H2,1-3H3/t20-/m0/s1.